The number of carbonyl (C=O) groups is 1. The molecule has 0 fully saturated rings. The molecule has 0 aromatic heterocycles. The highest BCUT2D eigenvalue weighted by molar-refractivity contribution is 6.39. The summed E-state index contributed by atoms with van der Waals surface area (Å²) in [5, 5.41) is 0. The molecule has 1 unspecified atom stereocenters. The molecule has 0 spiro atoms. The maximum Gasteiger partial charge on any atom is 0.333 e. The molecule has 0 N–H and O–H groups in total. The summed E-state index contributed by atoms with van der Waals surface area (Å²) >= 11 is 0. The Kier molecular flexibility index (Phi) is 14.8. The molecule has 0 aromatic rings. The van der Waals surface area contributed by atoms with Crippen LogP contribution in [0.15, 0.2) is 12.2 Å². The van der Waals surface area contributed by atoms with Crippen molar-refractivity contribution in [2.75, 3.05) is 70.6 Å². The van der Waals surface area contributed by atoms with E-state index < -0.39 is 38.4 Å². The van der Waals surface area contributed by atoms with Crippen molar-refractivity contribution in [1.29, 1.82) is 0 Å². The van der Waals surface area contributed by atoms with Gasteiger partial charge in [0.05, 0.1) is 16.1 Å². The first kappa shape index (κ1) is 33.1. The Hall–Kier alpha value is -0.933. The van der Waals surface area contributed by atoms with Crippen LogP contribution < -0.4 is 0 Å². The van der Waals surface area contributed by atoms with Crippen molar-refractivity contribution < 1.29 is 52.2 Å². The van der Waals surface area contributed by atoms with Crippen LogP contribution >= 0.6 is 0 Å². The van der Waals surface area contributed by atoms with Gasteiger partial charge in [0, 0.05) is 76.0 Å². The zero-order valence-electron chi connectivity index (χ0n) is 22.4. The fourth-order valence-electron chi connectivity index (χ4n) is 4.16. The predicted octanol–water partition coefficient (Wildman–Crippen LogP) is 1.38. The maximum absolute atomic E-state index is 11.7. The lowest BCUT2D eigenvalue weighted by Crippen LogP contribution is -2.74. The molecule has 0 aromatic carbocycles. The topological polar surface area (TPSA) is 109 Å². The Balaban J connectivity index is 6.24. The SMILES string of the molecule is C=C(C)C(=O)OCCC[SiH2]C(OC)(OC)C(CCC(OC)(OC)OC)(OC)C(OC)(OC)OC. The lowest BCUT2D eigenvalue weighted by molar-refractivity contribution is -0.467. The normalized spacial score (nSPS) is 15.0. The van der Waals surface area contributed by atoms with Gasteiger partial charge in [-0.2, -0.15) is 0 Å². The van der Waals surface area contributed by atoms with Gasteiger partial charge in [-0.25, -0.2) is 4.79 Å². The molecule has 202 valence electrons. The van der Waals surface area contributed by atoms with Crippen LogP contribution in [0, 0.1) is 0 Å². The highest BCUT2D eigenvalue weighted by Crippen LogP contribution is 2.46. The molecule has 11 nitrogen and oxygen atoms in total. The highest BCUT2D eigenvalue weighted by Gasteiger charge is 2.68. The van der Waals surface area contributed by atoms with Gasteiger partial charge in [0.1, 0.15) is 0 Å². The molecule has 0 saturated carbocycles. The number of hydrogen-bond donors (Lipinski definition) is 0. The molecule has 34 heavy (non-hydrogen) atoms. The molecule has 0 rings (SSSR count). The summed E-state index contributed by atoms with van der Waals surface area (Å²) in [5.41, 5.74) is -2.41. The van der Waals surface area contributed by atoms with Crippen molar-refractivity contribution in [3.63, 3.8) is 0 Å². The van der Waals surface area contributed by atoms with E-state index in [-0.39, 0.29) is 19.4 Å². The van der Waals surface area contributed by atoms with Crippen molar-refractivity contribution >= 4 is 15.5 Å². The second kappa shape index (κ2) is 15.2. The smallest absolute Gasteiger partial charge is 0.333 e. The largest absolute Gasteiger partial charge is 0.462 e. The summed E-state index contributed by atoms with van der Waals surface area (Å²) in [5.74, 6) is -3.52. The number of ether oxygens (including phenoxy) is 10. The van der Waals surface area contributed by atoms with Gasteiger partial charge in [0.2, 0.25) is 0 Å². The molecule has 0 aliphatic rings. The van der Waals surface area contributed by atoms with Crippen molar-refractivity contribution in [2.24, 2.45) is 0 Å². The number of hydrogen-bond acceptors (Lipinski definition) is 11. The van der Waals surface area contributed by atoms with Crippen LogP contribution in [0.5, 0.6) is 0 Å². The average molecular weight is 513 g/mol. The van der Waals surface area contributed by atoms with Crippen LogP contribution in [0.1, 0.15) is 26.2 Å². The summed E-state index contributed by atoms with van der Waals surface area (Å²) in [7, 11) is 12.0. The lowest BCUT2D eigenvalue weighted by Gasteiger charge is -2.55. The number of esters is 1. The van der Waals surface area contributed by atoms with E-state index in [9.17, 15) is 4.79 Å². The number of carbonyl (C=O) groups excluding carboxylic acids is 1. The third-order valence-corrected chi connectivity index (χ3v) is 8.78. The molecule has 0 amide bonds. The zero-order chi connectivity index (χ0) is 26.5. The van der Waals surface area contributed by atoms with Gasteiger partial charge in [0.25, 0.3) is 5.97 Å². The summed E-state index contributed by atoms with van der Waals surface area (Å²) in [6.07, 6.45) is 0.937. The quantitative estimate of drug-likeness (QED) is 0.0776. The van der Waals surface area contributed by atoms with Crippen LogP contribution in [-0.4, -0.2) is 109 Å². The van der Waals surface area contributed by atoms with E-state index in [1.807, 2.05) is 0 Å². The maximum atomic E-state index is 11.7. The van der Waals surface area contributed by atoms with Crippen LogP contribution in [0.3, 0.4) is 0 Å². The minimum Gasteiger partial charge on any atom is -0.462 e. The van der Waals surface area contributed by atoms with Crippen LogP contribution in [0.4, 0.5) is 0 Å². The average Bonchev–Trinajstić information content (AvgIpc) is 2.87. The Labute approximate surface area is 206 Å². The minimum atomic E-state index is -1.73. The van der Waals surface area contributed by atoms with Gasteiger partial charge in [-0.15, -0.1) is 0 Å². The second-order valence-corrected chi connectivity index (χ2v) is 9.67. The molecule has 0 bridgehead atoms. The van der Waals surface area contributed by atoms with Gasteiger partial charge in [-0.1, -0.05) is 12.6 Å². The summed E-state index contributed by atoms with van der Waals surface area (Å²) < 4.78 is 57.0. The third kappa shape index (κ3) is 6.84. The van der Waals surface area contributed by atoms with E-state index >= 15 is 0 Å². The monoisotopic (exact) mass is 512 g/mol. The van der Waals surface area contributed by atoms with Gasteiger partial charge in [0.15, 0.2) is 11.0 Å². The van der Waals surface area contributed by atoms with E-state index in [1.165, 1.54) is 64.0 Å². The van der Waals surface area contributed by atoms with E-state index in [0.29, 0.717) is 18.0 Å². The van der Waals surface area contributed by atoms with Crippen molar-refractivity contribution in [2.45, 2.75) is 55.2 Å². The van der Waals surface area contributed by atoms with Crippen molar-refractivity contribution in [3.05, 3.63) is 12.2 Å². The van der Waals surface area contributed by atoms with E-state index in [2.05, 4.69) is 6.58 Å². The Morgan fingerprint density at radius 3 is 1.59 bits per heavy atom. The van der Waals surface area contributed by atoms with Crippen molar-refractivity contribution in [3.8, 4) is 0 Å². The first-order chi connectivity index (χ1) is 16.1. The zero-order valence-corrected chi connectivity index (χ0v) is 23.9. The van der Waals surface area contributed by atoms with Crippen LogP contribution in [0.25, 0.3) is 0 Å². The fourth-order valence-corrected chi connectivity index (χ4v) is 6.43. The standard InChI is InChI=1S/C22H44O11Si/c1-17(2)18(23)33-15-12-16-34-22(31-10,32-11)19(24-3,21(28-7,29-8)30-9)13-14-20(25-4,26-5)27-6/h1,12-16,34H2,2-11H3. The second-order valence-electron chi connectivity index (χ2n) is 7.53. The van der Waals surface area contributed by atoms with E-state index in [0.717, 1.165) is 0 Å². The molecule has 0 radical (unpaired) electrons. The summed E-state index contributed by atoms with van der Waals surface area (Å²) in [6.45, 7) is 5.43. The van der Waals surface area contributed by atoms with Gasteiger partial charge >= 0.3 is 11.9 Å². The van der Waals surface area contributed by atoms with Crippen molar-refractivity contribution in [1.82, 2.24) is 0 Å². The predicted molar refractivity (Wildman–Crippen MR) is 127 cm³/mol. The Bertz CT molecular complexity index is 587. The molecule has 12 heteroatoms. The van der Waals surface area contributed by atoms with E-state index in [1.54, 1.807) is 6.92 Å². The summed E-state index contributed by atoms with van der Waals surface area (Å²) in [4.78, 5) is 11.7. The van der Waals surface area contributed by atoms with Gasteiger partial charge in [-0.3, -0.25) is 0 Å². The Morgan fingerprint density at radius 2 is 1.24 bits per heavy atom. The van der Waals surface area contributed by atoms with Gasteiger partial charge in [-0.05, 0) is 19.8 Å². The minimum absolute atomic E-state index is 0.161. The lowest BCUT2D eigenvalue weighted by atomic mass is 9.91. The number of methoxy groups -OCH3 is 9. The van der Waals surface area contributed by atoms with Gasteiger partial charge < -0.3 is 47.4 Å². The molecule has 0 saturated heterocycles. The Morgan fingerprint density at radius 1 is 0.735 bits per heavy atom. The molecule has 0 aliphatic carbocycles. The molecular formula is C22H44O11Si. The number of rotatable bonds is 20. The van der Waals surface area contributed by atoms with Crippen LogP contribution in [-0.2, 0) is 52.2 Å². The molecular weight excluding hydrogens is 468 g/mol. The molecule has 1 atom stereocenters. The molecule has 0 aliphatic heterocycles. The molecule has 0 heterocycles. The first-order valence-electron chi connectivity index (χ1n) is 10.9. The van der Waals surface area contributed by atoms with E-state index in [4.69, 9.17) is 47.4 Å². The highest BCUT2D eigenvalue weighted by atomic mass is 28.2. The van der Waals surface area contributed by atoms with Crippen LogP contribution in [0.2, 0.25) is 6.04 Å². The summed E-state index contributed by atoms with van der Waals surface area (Å²) in [6, 6.07) is 0.674. The first-order valence-corrected chi connectivity index (χ1v) is 12.6. The third-order valence-electron chi connectivity index (χ3n) is 6.12. The fraction of sp³-hybridized carbons (Fsp3) is 0.864.